The normalized spacial score (nSPS) is 14.5. The molecule has 172 valence electrons. The van der Waals surface area contributed by atoms with Crippen molar-refractivity contribution >= 4 is 17.1 Å². The van der Waals surface area contributed by atoms with Gasteiger partial charge in [-0.1, -0.05) is 44.1 Å². The Labute approximate surface area is 193 Å². The molecule has 1 aliphatic carbocycles. The van der Waals surface area contributed by atoms with Gasteiger partial charge in [0.2, 0.25) is 5.75 Å². The van der Waals surface area contributed by atoms with Crippen LogP contribution in [0.25, 0.3) is 10.9 Å². The number of fused-ring (bicyclic) bond motifs is 1. The minimum absolute atomic E-state index is 0.165. The number of hydrogen-bond donors (Lipinski definition) is 0. The molecule has 2 aromatic carbocycles. The highest BCUT2D eigenvalue weighted by Crippen LogP contribution is 2.38. The molecule has 0 amide bonds. The van der Waals surface area contributed by atoms with Crippen LogP contribution in [-0.4, -0.2) is 36.7 Å². The summed E-state index contributed by atoms with van der Waals surface area (Å²) in [6.07, 6.45) is 8.80. The summed E-state index contributed by atoms with van der Waals surface area (Å²) in [5.74, 6) is 2.44. The van der Waals surface area contributed by atoms with E-state index in [2.05, 4.69) is 11.7 Å². The third-order valence-corrected chi connectivity index (χ3v) is 5.90. The first kappa shape index (κ1) is 22.6. The Kier molecular flexibility index (Phi) is 7.07. The van der Waals surface area contributed by atoms with Crippen LogP contribution in [0.2, 0.25) is 0 Å². The summed E-state index contributed by atoms with van der Waals surface area (Å²) in [5.41, 5.74) is 1.26. The van der Waals surface area contributed by atoms with E-state index in [9.17, 15) is 4.79 Å². The van der Waals surface area contributed by atoms with Gasteiger partial charge < -0.3 is 14.2 Å². The van der Waals surface area contributed by atoms with E-state index in [1.807, 2.05) is 18.2 Å². The molecule has 1 aliphatic rings. The topological polar surface area (TPSA) is 74.9 Å². The molecule has 0 N–H and O–H groups in total. The number of rotatable bonds is 8. The van der Waals surface area contributed by atoms with Gasteiger partial charge in [-0.05, 0) is 37.1 Å². The maximum Gasteiger partial charge on any atom is 0.282 e. The molecule has 3 aromatic rings. The SMILES string of the molecule is C=CCOc1c(OC)cc(C=Nn2c(C3CCCCC3)nc3ccccc3c2=O)cc1OC. The quantitative estimate of drug-likeness (QED) is 0.362. The molecule has 0 saturated heterocycles. The standard InChI is InChI=1S/C26H29N3O4/c1-4-14-33-24-22(31-2)15-18(16-23(24)32-3)17-27-29-25(19-10-6-5-7-11-19)28-21-13-9-8-12-20(21)26(29)30/h4,8-9,12-13,15-17,19H,1,5-7,10-11,14H2,2-3H3. The summed E-state index contributed by atoms with van der Waals surface area (Å²) < 4.78 is 18.2. The summed E-state index contributed by atoms with van der Waals surface area (Å²) in [6.45, 7) is 4.00. The zero-order valence-corrected chi connectivity index (χ0v) is 19.1. The van der Waals surface area contributed by atoms with Crippen molar-refractivity contribution in [3.63, 3.8) is 0 Å². The fourth-order valence-electron chi connectivity index (χ4n) is 4.26. The predicted molar refractivity (Wildman–Crippen MR) is 130 cm³/mol. The lowest BCUT2D eigenvalue weighted by atomic mass is 9.88. The van der Waals surface area contributed by atoms with Gasteiger partial charge in [0.25, 0.3) is 5.56 Å². The van der Waals surface area contributed by atoms with Gasteiger partial charge >= 0.3 is 0 Å². The Morgan fingerprint density at radius 1 is 1.12 bits per heavy atom. The van der Waals surface area contributed by atoms with Crippen molar-refractivity contribution in [1.82, 2.24) is 9.66 Å². The fraction of sp³-hybridized carbons (Fsp3) is 0.346. The lowest BCUT2D eigenvalue weighted by molar-refractivity contribution is 0.301. The van der Waals surface area contributed by atoms with E-state index in [-0.39, 0.29) is 11.5 Å². The second-order valence-corrected chi connectivity index (χ2v) is 8.04. The van der Waals surface area contributed by atoms with E-state index < -0.39 is 0 Å². The largest absolute Gasteiger partial charge is 0.493 e. The Hall–Kier alpha value is -3.61. The zero-order valence-electron chi connectivity index (χ0n) is 19.1. The van der Waals surface area contributed by atoms with E-state index in [1.165, 1.54) is 11.1 Å². The molecule has 7 heteroatoms. The van der Waals surface area contributed by atoms with E-state index in [0.717, 1.165) is 31.5 Å². The van der Waals surface area contributed by atoms with Crippen LogP contribution in [-0.2, 0) is 0 Å². The minimum Gasteiger partial charge on any atom is -0.493 e. The summed E-state index contributed by atoms with van der Waals surface area (Å²) >= 11 is 0. The van der Waals surface area contributed by atoms with Crippen LogP contribution in [0.5, 0.6) is 17.2 Å². The summed E-state index contributed by atoms with van der Waals surface area (Å²) in [7, 11) is 3.13. The van der Waals surface area contributed by atoms with E-state index in [0.29, 0.717) is 40.3 Å². The van der Waals surface area contributed by atoms with Crippen LogP contribution in [0.4, 0.5) is 0 Å². The molecule has 0 bridgehead atoms. The molecule has 4 rings (SSSR count). The minimum atomic E-state index is -0.165. The van der Waals surface area contributed by atoms with Gasteiger partial charge in [0.15, 0.2) is 11.5 Å². The lowest BCUT2D eigenvalue weighted by Crippen LogP contribution is -2.25. The van der Waals surface area contributed by atoms with Gasteiger partial charge in [-0.3, -0.25) is 4.79 Å². The van der Waals surface area contributed by atoms with Crippen LogP contribution in [0.1, 0.15) is 49.4 Å². The molecule has 0 radical (unpaired) electrons. The Morgan fingerprint density at radius 2 is 1.82 bits per heavy atom. The Balaban J connectivity index is 1.79. The second-order valence-electron chi connectivity index (χ2n) is 8.04. The van der Waals surface area contributed by atoms with Gasteiger partial charge in [-0.15, -0.1) is 0 Å². The number of benzene rings is 2. The Morgan fingerprint density at radius 3 is 2.48 bits per heavy atom. The van der Waals surface area contributed by atoms with E-state index in [4.69, 9.17) is 19.2 Å². The monoisotopic (exact) mass is 447 g/mol. The number of ether oxygens (including phenoxy) is 3. The molecule has 1 fully saturated rings. The van der Waals surface area contributed by atoms with Crippen molar-refractivity contribution in [2.75, 3.05) is 20.8 Å². The fourth-order valence-corrected chi connectivity index (χ4v) is 4.26. The Bertz CT molecular complexity index is 1200. The van der Waals surface area contributed by atoms with Crippen LogP contribution < -0.4 is 19.8 Å². The molecular formula is C26H29N3O4. The number of hydrogen-bond acceptors (Lipinski definition) is 6. The average Bonchev–Trinajstić information content (AvgIpc) is 2.87. The van der Waals surface area contributed by atoms with Gasteiger partial charge in [0, 0.05) is 11.5 Å². The summed E-state index contributed by atoms with van der Waals surface area (Å²) in [6, 6.07) is 11.0. The molecule has 33 heavy (non-hydrogen) atoms. The number of aromatic nitrogens is 2. The first-order valence-electron chi connectivity index (χ1n) is 11.2. The van der Waals surface area contributed by atoms with Crippen molar-refractivity contribution < 1.29 is 14.2 Å². The first-order chi connectivity index (χ1) is 16.2. The molecule has 1 aromatic heterocycles. The van der Waals surface area contributed by atoms with E-state index in [1.54, 1.807) is 44.7 Å². The molecular weight excluding hydrogens is 418 g/mol. The third kappa shape index (κ3) is 4.77. The van der Waals surface area contributed by atoms with Gasteiger partial charge in [-0.2, -0.15) is 9.78 Å². The zero-order chi connectivity index (χ0) is 23.2. The molecule has 1 heterocycles. The third-order valence-electron chi connectivity index (χ3n) is 5.90. The van der Waals surface area contributed by atoms with E-state index >= 15 is 0 Å². The molecule has 0 spiro atoms. The average molecular weight is 448 g/mol. The van der Waals surface area contributed by atoms with Crippen molar-refractivity contribution in [2.24, 2.45) is 5.10 Å². The van der Waals surface area contributed by atoms with Crippen molar-refractivity contribution in [1.29, 1.82) is 0 Å². The highest BCUT2D eigenvalue weighted by Gasteiger charge is 2.22. The highest BCUT2D eigenvalue weighted by molar-refractivity contribution is 5.83. The van der Waals surface area contributed by atoms with Crippen LogP contribution in [0.3, 0.4) is 0 Å². The van der Waals surface area contributed by atoms with Crippen molar-refractivity contribution in [3.8, 4) is 17.2 Å². The molecule has 7 nitrogen and oxygen atoms in total. The molecule has 0 unspecified atom stereocenters. The number of nitrogens with zero attached hydrogens (tertiary/aromatic N) is 3. The smallest absolute Gasteiger partial charge is 0.282 e. The summed E-state index contributed by atoms with van der Waals surface area (Å²) in [5, 5.41) is 5.15. The highest BCUT2D eigenvalue weighted by atomic mass is 16.5. The first-order valence-corrected chi connectivity index (χ1v) is 11.2. The van der Waals surface area contributed by atoms with Crippen molar-refractivity contribution in [3.05, 3.63) is 70.8 Å². The maximum absolute atomic E-state index is 13.4. The maximum atomic E-state index is 13.4. The molecule has 0 atom stereocenters. The number of methoxy groups -OCH3 is 2. The molecule has 0 aliphatic heterocycles. The van der Waals surface area contributed by atoms with Crippen molar-refractivity contribution in [2.45, 2.75) is 38.0 Å². The second kappa shape index (κ2) is 10.3. The summed E-state index contributed by atoms with van der Waals surface area (Å²) in [4.78, 5) is 18.2. The van der Waals surface area contributed by atoms with Gasteiger partial charge in [-0.25, -0.2) is 4.98 Å². The van der Waals surface area contributed by atoms with Gasteiger partial charge in [0.05, 0.1) is 31.3 Å². The lowest BCUT2D eigenvalue weighted by Gasteiger charge is -2.22. The predicted octanol–water partition coefficient (Wildman–Crippen LogP) is 4.91. The van der Waals surface area contributed by atoms with Crippen LogP contribution in [0.15, 0.2) is 58.9 Å². The van der Waals surface area contributed by atoms with Crippen LogP contribution >= 0.6 is 0 Å². The number of para-hydroxylation sites is 1. The molecule has 1 saturated carbocycles. The van der Waals surface area contributed by atoms with Crippen LogP contribution in [0, 0.1) is 0 Å². The van der Waals surface area contributed by atoms with Gasteiger partial charge in [0.1, 0.15) is 12.4 Å².